The Labute approximate surface area is 102 Å². The first-order valence-corrected chi connectivity index (χ1v) is 5.40. The van der Waals surface area contributed by atoms with Crippen molar-refractivity contribution in [2.45, 2.75) is 6.92 Å². The topological polar surface area (TPSA) is 83.8 Å². The first kappa shape index (κ1) is 10.5. The second-order valence-corrected chi connectivity index (χ2v) is 3.92. The highest BCUT2D eigenvalue weighted by atomic mass is 16.5. The van der Waals surface area contributed by atoms with Gasteiger partial charge in [-0.2, -0.15) is 5.10 Å². The molecule has 0 radical (unpaired) electrons. The van der Waals surface area contributed by atoms with Crippen molar-refractivity contribution >= 4 is 22.5 Å². The van der Waals surface area contributed by atoms with Crippen LogP contribution in [0, 0.1) is 6.92 Å². The van der Waals surface area contributed by atoms with Gasteiger partial charge in [-0.05, 0) is 25.1 Å². The molecule has 0 spiro atoms. The van der Waals surface area contributed by atoms with E-state index in [1.165, 1.54) is 6.20 Å². The molecule has 90 valence electrons. The lowest BCUT2D eigenvalue weighted by Crippen LogP contribution is -2.11. The lowest BCUT2D eigenvalue weighted by molar-refractivity contribution is 0.102. The highest BCUT2D eigenvalue weighted by Crippen LogP contribution is 2.17. The van der Waals surface area contributed by atoms with E-state index in [2.05, 4.69) is 20.7 Å². The minimum absolute atomic E-state index is 0.243. The van der Waals surface area contributed by atoms with Gasteiger partial charge >= 0.3 is 0 Å². The summed E-state index contributed by atoms with van der Waals surface area (Å²) >= 11 is 0. The molecule has 2 N–H and O–H groups in total. The van der Waals surface area contributed by atoms with Gasteiger partial charge in [0.2, 0.25) is 0 Å². The molecule has 0 atom stereocenters. The summed E-state index contributed by atoms with van der Waals surface area (Å²) in [5.41, 5.74) is 1.99. The number of H-pyrrole nitrogens is 1. The van der Waals surface area contributed by atoms with Crippen molar-refractivity contribution in [3.05, 3.63) is 41.9 Å². The van der Waals surface area contributed by atoms with E-state index in [1.54, 1.807) is 13.1 Å². The summed E-state index contributed by atoms with van der Waals surface area (Å²) in [5, 5.41) is 14.1. The smallest absolute Gasteiger partial charge is 0.260 e. The van der Waals surface area contributed by atoms with Crippen LogP contribution in [0.15, 0.2) is 35.1 Å². The first-order chi connectivity index (χ1) is 8.74. The van der Waals surface area contributed by atoms with Gasteiger partial charge in [-0.25, -0.2) is 0 Å². The fourth-order valence-corrected chi connectivity index (χ4v) is 1.73. The molecule has 0 saturated heterocycles. The number of hydrogen-bond acceptors (Lipinski definition) is 4. The number of nitrogens with one attached hydrogen (secondary N) is 2. The number of nitrogens with zero attached hydrogens (tertiary/aromatic N) is 2. The van der Waals surface area contributed by atoms with Crippen LogP contribution in [0.25, 0.3) is 10.9 Å². The number of rotatable bonds is 2. The third-order valence-corrected chi connectivity index (χ3v) is 2.70. The van der Waals surface area contributed by atoms with E-state index in [-0.39, 0.29) is 5.91 Å². The molecule has 6 nitrogen and oxygen atoms in total. The van der Waals surface area contributed by atoms with Crippen LogP contribution in [0.5, 0.6) is 0 Å². The summed E-state index contributed by atoms with van der Waals surface area (Å²) in [6.45, 7) is 1.69. The Hall–Kier alpha value is -2.63. The number of aromatic nitrogens is 3. The van der Waals surface area contributed by atoms with Gasteiger partial charge in [0.1, 0.15) is 11.3 Å². The van der Waals surface area contributed by atoms with Gasteiger partial charge < -0.3 is 9.84 Å². The van der Waals surface area contributed by atoms with Crippen molar-refractivity contribution in [2.75, 3.05) is 5.32 Å². The normalized spacial score (nSPS) is 10.7. The van der Waals surface area contributed by atoms with Crippen molar-refractivity contribution < 1.29 is 9.32 Å². The van der Waals surface area contributed by atoms with Crippen molar-refractivity contribution in [3.8, 4) is 0 Å². The van der Waals surface area contributed by atoms with Gasteiger partial charge in [-0.3, -0.25) is 9.89 Å². The van der Waals surface area contributed by atoms with Crippen LogP contribution in [0.3, 0.4) is 0 Å². The Balaban J connectivity index is 1.88. The van der Waals surface area contributed by atoms with E-state index >= 15 is 0 Å². The van der Waals surface area contributed by atoms with E-state index in [1.807, 2.05) is 18.2 Å². The molecule has 1 amide bonds. The van der Waals surface area contributed by atoms with E-state index < -0.39 is 0 Å². The van der Waals surface area contributed by atoms with Gasteiger partial charge in [-0.1, -0.05) is 5.16 Å². The monoisotopic (exact) mass is 242 g/mol. The minimum Gasteiger partial charge on any atom is -0.361 e. The average molecular weight is 242 g/mol. The Morgan fingerprint density at radius 1 is 1.39 bits per heavy atom. The Bertz CT molecular complexity index is 714. The minimum atomic E-state index is -0.243. The van der Waals surface area contributed by atoms with Crippen LogP contribution in [0.2, 0.25) is 0 Å². The summed E-state index contributed by atoms with van der Waals surface area (Å²) in [6.07, 6.45) is 3.13. The van der Waals surface area contributed by atoms with E-state index in [4.69, 9.17) is 4.52 Å². The lowest BCUT2D eigenvalue weighted by atomic mass is 10.2. The van der Waals surface area contributed by atoms with Crippen LogP contribution in [-0.4, -0.2) is 21.3 Å². The highest BCUT2D eigenvalue weighted by Gasteiger charge is 2.13. The van der Waals surface area contributed by atoms with Gasteiger partial charge in [0.25, 0.3) is 5.91 Å². The molecule has 0 fully saturated rings. The summed E-state index contributed by atoms with van der Waals surface area (Å²) in [4.78, 5) is 11.9. The molecule has 6 heteroatoms. The number of anilines is 1. The summed E-state index contributed by atoms with van der Waals surface area (Å²) in [6, 6.07) is 5.52. The maximum Gasteiger partial charge on any atom is 0.260 e. The maximum absolute atomic E-state index is 11.9. The second kappa shape index (κ2) is 3.99. The molecule has 2 heterocycles. The van der Waals surface area contributed by atoms with Crippen LogP contribution >= 0.6 is 0 Å². The molecule has 3 rings (SSSR count). The quantitative estimate of drug-likeness (QED) is 0.720. The molecule has 18 heavy (non-hydrogen) atoms. The number of amides is 1. The molecule has 1 aromatic carbocycles. The molecule has 0 aliphatic carbocycles. The third kappa shape index (κ3) is 1.73. The zero-order valence-electron chi connectivity index (χ0n) is 9.60. The number of aryl methyl sites for hydroxylation is 1. The molecular weight excluding hydrogens is 232 g/mol. The standard InChI is InChI=1S/C12H10N4O2/c1-7-10(6-14-18-7)12(17)15-9-3-2-8-5-13-16-11(8)4-9/h2-6H,1H3,(H,13,16)(H,15,17). The first-order valence-electron chi connectivity index (χ1n) is 5.40. The predicted octanol–water partition coefficient (Wildman–Crippen LogP) is 2.11. The average Bonchev–Trinajstić information content (AvgIpc) is 2.96. The van der Waals surface area contributed by atoms with Crippen LogP contribution in [0.1, 0.15) is 16.1 Å². The molecule has 2 aromatic heterocycles. The SMILES string of the molecule is Cc1oncc1C(=O)Nc1ccc2cn[nH]c2c1. The van der Waals surface area contributed by atoms with Crippen molar-refractivity contribution in [2.24, 2.45) is 0 Å². The number of benzene rings is 1. The summed E-state index contributed by atoms with van der Waals surface area (Å²) in [7, 11) is 0. The number of fused-ring (bicyclic) bond motifs is 1. The number of aromatic amines is 1. The molecule has 0 bridgehead atoms. The Morgan fingerprint density at radius 2 is 2.28 bits per heavy atom. The molecule has 0 unspecified atom stereocenters. The molecule has 3 aromatic rings. The predicted molar refractivity (Wildman–Crippen MR) is 65.3 cm³/mol. The van der Waals surface area contributed by atoms with Gasteiger partial charge in [0.15, 0.2) is 0 Å². The molecule has 0 aliphatic rings. The van der Waals surface area contributed by atoms with Gasteiger partial charge in [-0.15, -0.1) is 0 Å². The van der Waals surface area contributed by atoms with Crippen molar-refractivity contribution in [1.82, 2.24) is 15.4 Å². The van der Waals surface area contributed by atoms with E-state index in [9.17, 15) is 4.79 Å². The van der Waals surface area contributed by atoms with Crippen LogP contribution in [0.4, 0.5) is 5.69 Å². The summed E-state index contributed by atoms with van der Waals surface area (Å²) < 4.78 is 4.85. The Kier molecular flexibility index (Phi) is 2.33. The van der Waals surface area contributed by atoms with Crippen LogP contribution in [-0.2, 0) is 0 Å². The third-order valence-electron chi connectivity index (χ3n) is 2.70. The van der Waals surface area contributed by atoms with Crippen LogP contribution < -0.4 is 5.32 Å². The zero-order chi connectivity index (χ0) is 12.5. The van der Waals surface area contributed by atoms with Gasteiger partial charge in [0.05, 0.1) is 17.9 Å². The second-order valence-electron chi connectivity index (χ2n) is 3.92. The van der Waals surface area contributed by atoms with E-state index in [0.29, 0.717) is 17.0 Å². The van der Waals surface area contributed by atoms with E-state index in [0.717, 1.165) is 10.9 Å². The fraction of sp³-hybridized carbons (Fsp3) is 0.0833. The summed E-state index contributed by atoms with van der Waals surface area (Å²) in [5.74, 6) is 0.253. The number of carbonyl (C=O) groups excluding carboxylic acids is 1. The Morgan fingerprint density at radius 3 is 3.06 bits per heavy atom. The highest BCUT2D eigenvalue weighted by molar-refractivity contribution is 6.05. The maximum atomic E-state index is 11.9. The lowest BCUT2D eigenvalue weighted by Gasteiger charge is -2.03. The van der Waals surface area contributed by atoms with Gasteiger partial charge in [0, 0.05) is 11.1 Å². The molecule has 0 saturated carbocycles. The zero-order valence-corrected chi connectivity index (χ0v) is 9.60. The molecule has 0 aliphatic heterocycles. The van der Waals surface area contributed by atoms with Crippen molar-refractivity contribution in [3.63, 3.8) is 0 Å². The number of carbonyl (C=O) groups is 1. The molecular formula is C12H10N4O2. The largest absolute Gasteiger partial charge is 0.361 e. The fourth-order valence-electron chi connectivity index (χ4n) is 1.73. The van der Waals surface area contributed by atoms with Crippen molar-refractivity contribution in [1.29, 1.82) is 0 Å². The number of hydrogen-bond donors (Lipinski definition) is 2.